The molecule has 2 aromatic rings. The van der Waals surface area contributed by atoms with Gasteiger partial charge < -0.3 is 10.4 Å². The summed E-state index contributed by atoms with van der Waals surface area (Å²) in [7, 11) is 0. The molecule has 0 radical (unpaired) electrons. The molecular formula is C16H19N3O2. The van der Waals surface area contributed by atoms with Crippen molar-refractivity contribution in [1.82, 2.24) is 15.1 Å². The Kier molecular flexibility index (Phi) is 4.01. The first-order valence-corrected chi connectivity index (χ1v) is 7.29. The molecule has 21 heavy (non-hydrogen) atoms. The number of rotatable bonds is 4. The molecule has 2 unspecified atom stereocenters. The summed E-state index contributed by atoms with van der Waals surface area (Å²) in [4.78, 5) is 12.0. The van der Waals surface area contributed by atoms with Gasteiger partial charge in [0.15, 0.2) is 0 Å². The number of nitrogens with zero attached hydrogens (tertiary/aromatic N) is 2. The number of nitrogens with one attached hydrogen (secondary N) is 1. The Balaban J connectivity index is 1.57. The average molecular weight is 285 g/mol. The number of aliphatic hydroxyl groups is 1. The number of carbonyl (C=O) groups excluding carboxylic acids is 1. The lowest BCUT2D eigenvalue weighted by Crippen LogP contribution is -2.34. The lowest BCUT2D eigenvalue weighted by molar-refractivity contribution is -0.127. The van der Waals surface area contributed by atoms with Crippen LogP contribution in [-0.4, -0.2) is 26.9 Å². The van der Waals surface area contributed by atoms with Crippen molar-refractivity contribution in [3.63, 3.8) is 0 Å². The van der Waals surface area contributed by atoms with Crippen molar-refractivity contribution < 1.29 is 9.90 Å². The second-order valence-electron chi connectivity index (χ2n) is 5.44. The highest BCUT2D eigenvalue weighted by Crippen LogP contribution is 2.25. The molecule has 1 saturated carbocycles. The van der Waals surface area contributed by atoms with Crippen LogP contribution in [-0.2, 0) is 11.3 Å². The first-order valence-electron chi connectivity index (χ1n) is 7.29. The molecule has 0 saturated heterocycles. The van der Waals surface area contributed by atoms with Crippen LogP contribution in [0, 0.1) is 5.92 Å². The van der Waals surface area contributed by atoms with Crippen LogP contribution in [0.4, 0.5) is 0 Å². The molecular weight excluding hydrogens is 266 g/mol. The average Bonchev–Trinajstić information content (AvgIpc) is 3.16. The topological polar surface area (TPSA) is 67.2 Å². The van der Waals surface area contributed by atoms with Gasteiger partial charge in [-0.25, -0.2) is 4.68 Å². The highest BCUT2D eigenvalue weighted by atomic mass is 16.3. The van der Waals surface area contributed by atoms with E-state index in [-0.39, 0.29) is 11.8 Å². The molecule has 1 heterocycles. The predicted octanol–water partition coefficient (Wildman–Crippen LogP) is 1.65. The minimum atomic E-state index is -0.479. The molecule has 1 fully saturated rings. The van der Waals surface area contributed by atoms with Crippen LogP contribution >= 0.6 is 0 Å². The Hall–Kier alpha value is -2.14. The van der Waals surface area contributed by atoms with Gasteiger partial charge in [0.2, 0.25) is 5.91 Å². The summed E-state index contributed by atoms with van der Waals surface area (Å²) in [5.41, 5.74) is 2.02. The second kappa shape index (κ2) is 6.10. The summed E-state index contributed by atoms with van der Waals surface area (Å²) in [6.07, 6.45) is 5.59. The van der Waals surface area contributed by atoms with E-state index in [1.54, 1.807) is 10.9 Å². The Labute approximate surface area is 123 Å². The zero-order valence-corrected chi connectivity index (χ0v) is 11.8. The van der Waals surface area contributed by atoms with E-state index in [0.29, 0.717) is 6.54 Å². The number of aromatic nitrogens is 2. The maximum atomic E-state index is 12.0. The van der Waals surface area contributed by atoms with Crippen LogP contribution in [0.2, 0.25) is 0 Å². The molecule has 2 atom stereocenters. The summed E-state index contributed by atoms with van der Waals surface area (Å²) in [6, 6.07) is 9.77. The number of carbonyl (C=O) groups is 1. The van der Waals surface area contributed by atoms with Crippen LogP contribution in [0.5, 0.6) is 0 Å². The predicted molar refractivity (Wildman–Crippen MR) is 78.8 cm³/mol. The highest BCUT2D eigenvalue weighted by molar-refractivity contribution is 5.79. The third-order valence-corrected chi connectivity index (χ3v) is 3.99. The molecule has 1 aliphatic carbocycles. The van der Waals surface area contributed by atoms with E-state index in [1.807, 2.05) is 36.5 Å². The van der Waals surface area contributed by atoms with E-state index >= 15 is 0 Å². The Morgan fingerprint density at radius 1 is 1.33 bits per heavy atom. The molecule has 3 rings (SSSR count). The van der Waals surface area contributed by atoms with Gasteiger partial charge in [0.05, 0.1) is 17.7 Å². The molecule has 1 aromatic carbocycles. The van der Waals surface area contributed by atoms with E-state index in [2.05, 4.69) is 10.4 Å². The summed E-state index contributed by atoms with van der Waals surface area (Å²) >= 11 is 0. The van der Waals surface area contributed by atoms with E-state index < -0.39 is 6.10 Å². The number of hydrogen-bond acceptors (Lipinski definition) is 3. The molecule has 5 heteroatoms. The van der Waals surface area contributed by atoms with Gasteiger partial charge in [0.1, 0.15) is 0 Å². The van der Waals surface area contributed by atoms with Gasteiger partial charge in [0.25, 0.3) is 0 Å². The normalized spacial score (nSPS) is 21.4. The van der Waals surface area contributed by atoms with Gasteiger partial charge in [-0.05, 0) is 43.0 Å². The third kappa shape index (κ3) is 3.13. The Morgan fingerprint density at radius 2 is 2.14 bits per heavy atom. The zero-order valence-electron chi connectivity index (χ0n) is 11.8. The first-order chi connectivity index (χ1) is 10.2. The summed E-state index contributed by atoms with van der Waals surface area (Å²) < 4.78 is 1.79. The third-order valence-electron chi connectivity index (χ3n) is 3.99. The smallest absolute Gasteiger partial charge is 0.225 e. The number of amides is 1. The number of hydrogen-bond donors (Lipinski definition) is 2. The monoisotopic (exact) mass is 285 g/mol. The van der Waals surface area contributed by atoms with Crippen LogP contribution in [0.15, 0.2) is 42.7 Å². The van der Waals surface area contributed by atoms with Gasteiger partial charge in [0, 0.05) is 18.9 Å². The van der Waals surface area contributed by atoms with Gasteiger partial charge in [-0.3, -0.25) is 4.79 Å². The molecule has 1 aliphatic rings. The van der Waals surface area contributed by atoms with E-state index in [1.165, 1.54) is 0 Å². The molecule has 0 spiro atoms. The molecule has 1 amide bonds. The zero-order chi connectivity index (χ0) is 14.7. The largest absolute Gasteiger partial charge is 0.392 e. The fourth-order valence-corrected chi connectivity index (χ4v) is 2.75. The maximum absolute atomic E-state index is 12.0. The number of benzene rings is 1. The minimum absolute atomic E-state index is 0.0452. The van der Waals surface area contributed by atoms with Crippen molar-refractivity contribution in [2.45, 2.75) is 31.9 Å². The van der Waals surface area contributed by atoms with Gasteiger partial charge in [-0.1, -0.05) is 12.1 Å². The second-order valence-corrected chi connectivity index (χ2v) is 5.44. The minimum Gasteiger partial charge on any atom is -0.392 e. The van der Waals surface area contributed by atoms with Gasteiger partial charge in [-0.2, -0.15) is 5.10 Å². The summed E-state index contributed by atoms with van der Waals surface area (Å²) in [6.45, 7) is 0.488. The molecule has 110 valence electrons. The lowest BCUT2D eigenvalue weighted by Gasteiger charge is -2.14. The van der Waals surface area contributed by atoms with E-state index in [0.717, 1.165) is 30.5 Å². The molecule has 2 N–H and O–H groups in total. The summed E-state index contributed by atoms with van der Waals surface area (Å²) in [5, 5.41) is 16.8. The first kappa shape index (κ1) is 13.8. The molecule has 5 nitrogen and oxygen atoms in total. The standard InChI is InChI=1S/C16H19N3O2/c20-15-4-1-3-14(15)16(21)17-11-12-5-7-13(8-6-12)19-10-2-9-18-19/h2,5-10,14-15,20H,1,3-4,11H2,(H,17,21). The van der Waals surface area contributed by atoms with Crippen LogP contribution in [0.1, 0.15) is 24.8 Å². The SMILES string of the molecule is O=C(NCc1ccc(-n2cccn2)cc1)C1CCCC1O. The van der Waals surface area contributed by atoms with E-state index in [4.69, 9.17) is 0 Å². The van der Waals surface area contributed by atoms with Crippen molar-refractivity contribution in [2.24, 2.45) is 5.92 Å². The van der Waals surface area contributed by atoms with Crippen molar-refractivity contribution in [3.05, 3.63) is 48.3 Å². The fourth-order valence-electron chi connectivity index (χ4n) is 2.75. The quantitative estimate of drug-likeness (QED) is 0.897. The molecule has 1 aromatic heterocycles. The van der Waals surface area contributed by atoms with Gasteiger partial charge >= 0.3 is 0 Å². The fraction of sp³-hybridized carbons (Fsp3) is 0.375. The van der Waals surface area contributed by atoms with Crippen molar-refractivity contribution in [3.8, 4) is 5.69 Å². The Morgan fingerprint density at radius 3 is 2.76 bits per heavy atom. The van der Waals surface area contributed by atoms with Crippen molar-refractivity contribution in [2.75, 3.05) is 0 Å². The van der Waals surface area contributed by atoms with Crippen LogP contribution in [0.3, 0.4) is 0 Å². The van der Waals surface area contributed by atoms with Crippen molar-refractivity contribution >= 4 is 5.91 Å². The maximum Gasteiger partial charge on any atom is 0.225 e. The number of aliphatic hydroxyl groups excluding tert-OH is 1. The van der Waals surface area contributed by atoms with E-state index in [9.17, 15) is 9.90 Å². The van der Waals surface area contributed by atoms with Gasteiger partial charge in [-0.15, -0.1) is 0 Å². The lowest BCUT2D eigenvalue weighted by atomic mass is 10.1. The highest BCUT2D eigenvalue weighted by Gasteiger charge is 2.31. The Bertz CT molecular complexity index is 592. The van der Waals surface area contributed by atoms with Crippen molar-refractivity contribution in [1.29, 1.82) is 0 Å². The summed E-state index contributed by atoms with van der Waals surface area (Å²) in [5.74, 6) is -0.287. The molecule has 0 aliphatic heterocycles. The van der Waals surface area contributed by atoms with Crippen LogP contribution < -0.4 is 5.32 Å². The molecule has 0 bridgehead atoms. The van der Waals surface area contributed by atoms with Crippen LogP contribution in [0.25, 0.3) is 5.69 Å².